The van der Waals surface area contributed by atoms with Crippen molar-refractivity contribution >= 4 is 50.5 Å². The number of carbonyl (C=O) groups excluding carboxylic acids is 2. The molecule has 0 saturated heterocycles. The third kappa shape index (κ3) is 5.10. The number of anilines is 1. The Morgan fingerprint density at radius 2 is 1.86 bits per heavy atom. The van der Waals surface area contributed by atoms with Crippen LogP contribution in [0.25, 0.3) is 22.3 Å². The summed E-state index contributed by atoms with van der Waals surface area (Å²) in [6.07, 6.45) is 2.38. The Balaban J connectivity index is 1.57. The van der Waals surface area contributed by atoms with E-state index in [1.54, 1.807) is 12.1 Å². The zero-order valence-electron chi connectivity index (χ0n) is 19.7. The van der Waals surface area contributed by atoms with Crippen LogP contribution in [-0.4, -0.2) is 27.7 Å². The number of rotatable bonds is 8. The number of sulfonamides is 1. The van der Waals surface area contributed by atoms with E-state index in [0.29, 0.717) is 39.6 Å². The molecule has 1 aromatic heterocycles. The fourth-order valence-electron chi connectivity index (χ4n) is 4.31. The number of aldehydes is 1. The number of hydrogen-bond donors (Lipinski definition) is 2. The molecule has 1 amide bonds. The molecule has 0 spiro atoms. The molecule has 0 atom stereocenters. The molecule has 190 valence electrons. The van der Waals surface area contributed by atoms with E-state index in [4.69, 9.17) is 16.0 Å². The molecule has 1 saturated carbocycles. The van der Waals surface area contributed by atoms with Gasteiger partial charge in [0, 0.05) is 29.6 Å². The zero-order chi connectivity index (χ0) is 26.3. The predicted octanol–water partition coefficient (Wildman–Crippen LogP) is 5.88. The Bertz CT molecular complexity index is 1640. The van der Waals surface area contributed by atoms with Gasteiger partial charge in [0.1, 0.15) is 17.2 Å². The molecule has 2 N–H and O–H groups in total. The smallest absolute Gasteiger partial charge is 0.255 e. The van der Waals surface area contributed by atoms with Crippen molar-refractivity contribution in [3.05, 3.63) is 87.7 Å². The standard InChI is InChI=1S/C27H22ClFN2O5S/c1-30-27(33)25-21-11-20(16-4-5-16)23(12-24(21)36-26(25)17-6-8-19(29)9-7-17)31-37(34,35)14-15-2-3-18(13-32)22(28)10-15/h2-3,6-13,16,31H,4-5,14H2,1H3,(H,30,33). The lowest BCUT2D eigenvalue weighted by Gasteiger charge is -2.13. The van der Waals surface area contributed by atoms with Crippen LogP contribution < -0.4 is 10.0 Å². The number of carbonyl (C=O) groups is 2. The summed E-state index contributed by atoms with van der Waals surface area (Å²) < 4.78 is 48.4. The molecule has 1 heterocycles. The fraction of sp³-hybridized carbons (Fsp3) is 0.185. The minimum Gasteiger partial charge on any atom is -0.455 e. The molecule has 5 rings (SSSR count). The first-order valence-corrected chi connectivity index (χ1v) is 13.5. The van der Waals surface area contributed by atoms with Gasteiger partial charge in [-0.05, 0) is 72.4 Å². The number of nitrogens with one attached hydrogen (secondary N) is 2. The molecule has 1 aliphatic rings. The summed E-state index contributed by atoms with van der Waals surface area (Å²) >= 11 is 6.06. The summed E-state index contributed by atoms with van der Waals surface area (Å²) in [5.74, 6) is -0.734. The van der Waals surface area contributed by atoms with Crippen LogP contribution in [0.15, 0.2) is 59.0 Å². The van der Waals surface area contributed by atoms with Crippen LogP contribution >= 0.6 is 11.6 Å². The average molecular weight is 541 g/mol. The minimum atomic E-state index is -3.86. The van der Waals surface area contributed by atoms with Crippen molar-refractivity contribution < 1.29 is 26.8 Å². The first-order chi connectivity index (χ1) is 17.7. The number of hydrogen-bond acceptors (Lipinski definition) is 5. The maximum atomic E-state index is 13.5. The molecule has 4 aromatic rings. The van der Waals surface area contributed by atoms with E-state index in [1.165, 1.54) is 49.5 Å². The van der Waals surface area contributed by atoms with E-state index in [0.717, 1.165) is 18.4 Å². The zero-order valence-corrected chi connectivity index (χ0v) is 21.3. The number of halogens is 2. The fourth-order valence-corrected chi connectivity index (χ4v) is 5.76. The van der Waals surface area contributed by atoms with Crippen LogP contribution in [0.2, 0.25) is 5.02 Å². The highest BCUT2D eigenvalue weighted by Gasteiger charge is 2.31. The Labute approximate surface area is 217 Å². The van der Waals surface area contributed by atoms with Crippen LogP contribution in [0.5, 0.6) is 0 Å². The predicted molar refractivity (Wildman–Crippen MR) is 140 cm³/mol. The Kier molecular flexibility index (Phi) is 6.51. The summed E-state index contributed by atoms with van der Waals surface area (Å²) in [5.41, 5.74) is 2.97. The molecule has 0 aliphatic heterocycles. The highest BCUT2D eigenvalue weighted by molar-refractivity contribution is 7.91. The quantitative estimate of drug-likeness (QED) is 0.271. The average Bonchev–Trinajstić information content (AvgIpc) is 3.64. The normalized spacial score (nSPS) is 13.5. The first kappa shape index (κ1) is 25.0. The van der Waals surface area contributed by atoms with Crippen LogP contribution in [0.4, 0.5) is 10.1 Å². The van der Waals surface area contributed by atoms with Crippen LogP contribution in [0.1, 0.15) is 50.6 Å². The summed E-state index contributed by atoms with van der Waals surface area (Å²) in [6.45, 7) is 0. The maximum absolute atomic E-state index is 13.5. The SMILES string of the molecule is CNC(=O)c1c(-c2ccc(F)cc2)oc2cc(NS(=O)(=O)Cc3ccc(C=O)c(Cl)c3)c(C3CC3)cc12. The third-order valence-electron chi connectivity index (χ3n) is 6.25. The van der Waals surface area contributed by atoms with E-state index in [2.05, 4.69) is 10.0 Å². The van der Waals surface area contributed by atoms with Gasteiger partial charge < -0.3 is 9.73 Å². The molecule has 1 aliphatic carbocycles. The van der Waals surface area contributed by atoms with Gasteiger partial charge in [0.2, 0.25) is 10.0 Å². The van der Waals surface area contributed by atoms with E-state index in [9.17, 15) is 22.4 Å². The number of furan rings is 1. The molecule has 0 radical (unpaired) electrons. The van der Waals surface area contributed by atoms with Gasteiger partial charge in [-0.3, -0.25) is 14.3 Å². The van der Waals surface area contributed by atoms with Crippen molar-refractivity contribution in [1.29, 1.82) is 0 Å². The van der Waals surface area contributed by atoms with Gasteiger partial charge in [-0.2, -0.15) is 0 Å². The van der Waals surface area contributed by atoms with Gasteiger partial charge in [0.25, 0.3) is 5.91 Å². The largest absolute Gasteiger partial charge is 0.455 e. The topological polar surface area (TPSA) is 105 Å². The molecule has 0 bridgehead atoms. The van der Waals surface area contributed by atoms with Crippen LogP contribution in [-0.2, 0) is 15.8 Å². The van der Waals surface area contributed by atoms with E-state index < -0.39 is 15.8 Å². The monoisotopic (exact) mass is 540 g/mol. The second kappa shape index (κ2) is 9.64. The summed E-state index contributed by atoms with van der Waals surface area (Å²) in [4.78, 5) is 23.9. The second-order valence-electron chi connectivity index (χ2n) is 8.94. The van der Waals surface area contributed by atoms with E-state index >= 15 is 0 Å². The number of amides is 1. The van der Waals surface area contributed by atoms with Gasteiger partial charge in [-0.25, -0.2) is 12.8 Å². The summed E-state index contributed by atoms with van der Waals surface area (Å²) in [5, 5.41) is 3.34. The highest BCUT2D eigenvalue weighted by Crippen LogP contribution is 2.47. The summed E-state index contributed by atoms with van der Waals surface area (Å²) in [6, 6.07) is 13.4. The Hall–Kier alpha value is -3.69. The van der Waals surface area contributed by atoms with Crippen molar-refractivity contribution in [2.75, 3.05) is 11.8 Å². The lowest BCUT2D eigenvalue weighted by atomic mass is 10.0. The number of benzene rings is 3. The molecule has 0 unspecified atom stereocenters. The number of fused-ring (bicyclic) bond motifs is 1. The van der Waals surface area contributed by atoms with E-state index in [-0.39, 0.29) is 33.9 Å². The molecule has 10 heteroatoms. The molecule has 7 nitrogen and oxygen atoms in total. The second-order valence-corrected chi connectivity index (χ2v) is 11.1. The highest BCUT2D eigenvalue weighted by atomic mass is 35.5. The van der Waals surface area contributed by atoms with Crippen LogP contribution in [0, 0.1) is 5.82 Å². The Morgan fingerprint density at radius 3 is 2.49 bits per heavy atom. The van der Waals surface area contributed by atoms with Gasteiger partial charge in [-0.15, -0.1) is 0 Å². The van der Waals surface area contributed by atoms with Gasteiger partial charge >= 0.3 is 0 Å². The molecular weight excluding hydrogens is 519 g/mol. The van der Waals surface area contributed by atoms with Gasteiger partial charge in [0.05, 0.1) is 22.0 Å². The lowest BCUT2D eigenvalue weighted by Crippen LogP contribution is -2.18. The summed E-state index contributed by atoms with van der Waals surface area (Å²) in [7, 11) is -2.35. The van der Waals surface area contributed by atoms with Crippen molar-refractivity contribution in [3.8, 4) is 11.3 Å². The van der Waals surface area contributed by atoms with Gasteiger partial charge in [-0.1, -0.05) is 17.7 Å². The van der Waals surface area contributed by atoms with Crippen LogP contribution in [0.3, 0.4) is 0 Å². The van der Waals surface area contributed by atoms with E-state index in [1.807, 2.05) is 0 Å². The minimum absolute atomic E-state index is 0.144. The lowest BCUT2D eigenvalue weighted by molar-refractivity contribution is 0.0964. The van der Waals surface area contributed by atoms with Crippen molar-refractivity contribution in [2.45, 2.75) is 24.5 Å². The maximum Gasteiger partial charge on any atom is 0.255 e. The van der Waals surface area contributed by atoms with Crippen molar-refractivity contribution in [1.82, 2.24) is 5.32 Å². The molecular formula is C27H22ClFN2O5S. The Morgan fingerprint density at radius 1 is 1.14 bits per heavy atom. The molecule has 3 aromatic carbocycles. The first-order valence-electron chi connectivity index (χ1n) is 11.5. The third-order valence-corrected chi connectivity index (χ3v) is 7.82. The van der Waals surface area contributed by atoms with Crippen molar-refractivity contribution in [2.24, 2.45) is 0 Å². The molecule has 37 heavy (non-hydrogen) atoms. The molecule has 1 fully saturated rings. The van der Waals surface area contributed by atoms with Crippen molar-refractivity contribution in [3.63, 3.8) is 0 Å². The van der Waals surface area contributed by atoms with Gasteiger partial charge in [0.15, 0.2) is 6.29 Å².